The Kier molecular flexibility index (Phi) is 1.54. The van der Waals surface area contributed by atoms with Crippen molar-refractivity contribution < 1.29 is 8.42 Å². The average Bonchev–Trinajstić information content (AvgIpc) is 2.04. The Balaban J connectivity index is 2.75. The summed E-state index contributed by atoms with van der Waals surface area (Å²) in [6.07, 6.45) is 2.40. The van der Waals surface area contributed by atoms with E-state index in [2.05, 4.69) is 0 Å². The first-order valence-corrected chi connectivity index (χ1v) is 5.24. The van der Waals surface area contributed by atoms with E-state index in [1.165, 1.54) is 5.41 Å². The van der Waals surface area contributed by atoms with Crippen molar-refractivity contribution in [1.29, 1.82) is 0 Å². The highest BCUT2D eigenvalue weighted by Gasteiger charge is 2.17. The smallest absolute Gasteiger partial charge is 0.199 e. The van der Waals surface area contributed by atoms with Crippen LogP contribution in [0, 0.1) is 0 Å². The van der Waals surface area contributed by atoms with E-state index >= 15 is 0 Å². The van der Waals surface area contributed by atoms with Crippen LogP contribution in [0.4, 0.5) is 0 Å². The molecule has 62 valence electrons. The molecule has 3 heteroatoms. The quantitative estimate of drug-likeness (QED) is 0.606. The fourth-order valence-corrected chi connectivity index (χ4v) is 2.61. The Morgan fingerprint density at radius 2 is 1.92 bits per heavy atom. The van der Waals surface area contributed by atoms with Crippen LogP contribution in [0.3, 0.4) is 0 Å². The molecule has 0 saturated carbocycles. The van der Waals surface area contributed by atoms with Gasteiger partial charge in [0, 0.05) is 5.41 Å². The fourth-order valence-electron chi connectivity index (χ4n) is 1.33. The predicted molar refractivity (Wildman–Crippen MR) is 46.5 cm³/mol. The van der Waals surface area contributed by atoms with Crippen molar-refractivity contribution in [2.24, 2.45) is 0 Å². The van der Waals surface area contributed by atoms with Crippen LogP contribution in [0.15, 0.2) is 40.6 Å². The number of hydrogen-bond acceptors (Lipinski definition) is 2. The number of sulfone groups is 1. The molecular formula is C9H8O2S. The van der Waals surface area contributed by atoms with E-state index in [9.17, 15) is 8.42 Å². The number of allylic oxidation sites excluding steroid dienone is 1. The van der Waals surface area contributed by atoms with Gasteiger partial charge in [0.05, 0.1) is 4.90 Å². The molecule has 0 fully saturated rings. The largest absolute Gasteiger partial charge is 0.219 e. The van der Waals surface area contributed by atoms with Crippen molar-refractivity contribution in [2.75, 3.05) is 0 Å². The lowest BCUT2D eigenvalue weighted by Crippen LogP contribution is -2.05. The fraction of sp³-hybridized carbons (Fsp3) is 0.111. The molecule has 1 aliphatic heterocycles. The summed E-state index contributed by atoms with van der Waals surface area (Å²) in [6.45, 7) is 0. The Bertz CT molecular complexity index is 430. The third-order valence-electron chi connectivity index (χ3n) is 1.89. The van der Waals surface area contributed by atoms with E-state index in [0.29, 0.717) is 4.90 Å². The first-order chi connectivity index (χ1) is 5.70. The molecule has 0 atom stereocenters. The van der Waals surface area contributed by atoms with Crippen LogP contribution in [-0.4, -0.2) is 8.42 Å². The molecule has 0 aliphatic carbocycles. The summed E-state index contributed by atoms with van der Waals surface area (Å²) in [5.41, 5.74) is 0.889. The van der Waals surface area contributed by atoms with Crippen molar-refractivity contribution in [3.05, 3.63) is 41.3 Å². The van der Waals surface area contributed by atoms with Gasteiger partial charge in [0.1, 0.15) is 0 Å². The lowest BCUT2D eigenvalue weighted by Gasteiger charge is -2.09. The molecule has 2 nitrogen and oxygen atoms in total. The van der Waals surface area contributed by atoms with Crippen LogP contribution in [-0.2, 0) is 16.3 Å². The molecule has 0 amide bonds. The van der Waals surface area contributed by atoms with E-state index in [1.54, 1.807) is 18.2 Å². The first-order valence-electron chi connectivity index (χ1n) is 3.70. The average molecular weight is 180 g/mol. The van der Waals surface area contributed by atoms with E-state index in [0.717, 1.165) is 12.0 Å². The third kappa shape index (κ3) is 1.06. The molecule has 0 spiro atoms. The minimum Gasteiger partial charge on any atom is -0.219 e. The normalized spacial score (nSPS) is 18.7. The molecule has 0 bridgehead atoms. The summed E-state index contributed by atoms with van der Waals surface area (Å²) < 4.78 is 22.8. The van der Waals surface area contributed by atoms with Crippen molar-refractivity contribution in [2.45, 2.75) is 11.3 Å². The monoisotopic (exact) mass is 180 g/mol. The number of benzene rings is 1. The molecule has 0 aromatic heterocycles. The topological polar surface area (TPSA) is 34.1 Å². The van der Waals surface area contributed by atoms with Crippen LogP contribution in [0.1, 0.15) is 5.56 Å². The van der Waals surface area contributed by atoms with Gasteiger partial charge in [0.25, 0.3) is 0 Å². The summed E-state index contributed by atoms with van der Waals surface area (Å²) in [7, 11) is -3.12. The lowest BCUT2D eigenvalue weighted by molar-refractivity contribution is 0.602. The van der Waals surface area contributed by atoms with Crippen molar-refractivity contribution >= 4 is 9.84 Å². The summed E-state index contributed by atoms with van der Waals surface area (Å²) in [5.74, 6) is 0. The molecule has 12 heavy (non-hydrogen) atoms. The second-order valence-electron chi connectivity index (χ2n) is 2.73. The standard InChI is InChI=1S/C9H8O2S/c10-12(11)7-3-5-8-4-1-2-6-9(8)12/h1-4,6-7H,5H2. The van der Waals surface area contributed by atoms with Gasteiger partial charge in [-0.05, 0) is 18.1 Å². The highest BCUT2D eigenvalue weighted by Crippen LogP contribution is 2.22. The van der Waals surface area contributed by atoms with Gasteiger partial charge in [-0.25, -0.2) is 8.42 Å². The van der Waals surface area contributed by atoms with Gasteiger partial charge in [0.2, 0.25) is 0 Å². The van der Waals surface area contributed by atoms with Crippen LogP contribution in [0.25, 0.3) is 0 Å². The zero-order valence-electron chi connectivity index (χ0n) is 6.40. The number of rotatable bonds is 0. The predicted octanol–water partition coefficient (Wildman–Crippen LogP) is 1.53. The van der Waals surface area contributed by atoms with Gasteiger partial charge < -0.3 is 0 Å². The maximum Gasteiger partial charge on any atom is 0.199 e. The minimum atomic E-state index is -3.12. The molecule has 0 radical (unpaired) electrons. The maximum atomic E-state index is 11.4. The highest BCUT2D eigenvalue weighted by molar-refractivity contribution is 7.94. The van der Waals surface area contributed by atoms with Gasteiger partial charge in [-0.2, -0.15) is 0 Å². The molecule has 0 N–H and O–H groups in total. The molecule has 1 heterocycles. The number of hydrogen-bond donors (Lipinski definition) is 0. The maximum absolute atomic E-state index is 11.4. The summed E-state index contributed by atoms with van der Waals surface area (Å²) in [5, 5.41) is 1.27. The van der Waals surface area contributed by atoms with Crippen LogP contribution in [0.2, 0.25) is 0 Å². The van der Waals surface area contributed by atoms with Gasteiger partial charge in [-0.1, -0.05) is 24.3 Å². The first kappa shape index (κ1) is 7.55. The molecular weight excluding hydrogens is 172 g/mol. The van der Waals surface area contributed by atoms with Gasteiger partial charge in [-0.15, -0.1) is 0 Å². The van der Waals surface area contributed by atoms with E-state index < -0.39 is 9.84 Å². The van der Waals surface area contributed by atoms with Crippen LogP contribution < -0.4 is 0 Å². The Morgan fingerprint density at radius 1 is 1.17 bits per heavy atom. The molecule has 1 aromatic rings. The zero-order valence-corrected chi connectivity index (χ0v) is 7.21. The van der Waals surface area contributed by atoms with Crippen molar-refractivity contribution in [3.63, 3.8) is 0 Å². The van der Waals surface area contributed by atoms with E-state index in [-0.39, 0.29) is 0 Å². The Labute approximate surface area is 71.5 Å². The summed E-state index contributed by atoms with van der Waals surface area (Å²) in [4.78, 5) is 0.451. The van der Waals surface area contributed by atoms with Crippen LogP contribution in [0.5, 0.6) is 0 Å². The Morgan fingerprint density at radius 3 is 2.67 bits per heavy atom. The van der Waals surface area contributed by atoms with E-state index in [1.807, 2.05) is 12.1 Å². The van der Waals surface area contributed by atoms with Crippen LogP contribution >= 0.6 is 0 Å². The molecule has 0 saturated heterocycles. The SMILES string of the molecule is O=S1(=O)C=CCc2ccccc21. The lowest BCUT2D eigenvalue weighted by atomic mass is 10.1. The van der Waals surface area contributed by atoms with Gasteiger partial charge in [0.15, 0.2) is 9.84 Å². The van der Waals surface area contributed by atoms with Gasteiger partial charge >= 0.3 is 0 Å². The second kappa shape index (κ2) is 2.45. The summed E-state index contributed by atoms with van der Waals surface area (Å²) in [6, 6.07) is 7.09. The van der Waals surface area contributed by atoms with Gasteiger partial charge in [-0.3, -0.25) is 0 Å². The molecule has 1 aliphatic rings. The van der Waals surface area contributed by atoms with Crippen molar-refractivity contribution in [1.82, 2.24) is 0 Å². The van der Waals surface area contributed by atoms with Crippen molar-refractivity contribution in [3.8, 4) is 0 Å². The van der Waals surface area contributed by atoms with E-state index in [4.69, 9.17) is 0 Å². The molecule has 1 aromatic carbocycles. The zero-order chi connectivity index (χ0) is 8.60. The third-order valence-corrected chi connectivity index (χ3v) is 3.45. The summed E-state index contributed by atoms with van der Waals surface area (Å²) >= 11 is 0. The Hall–Kier alpha value is -1.09. The molecule has 2 rings (SSSR count). The minimum absolute atomic E-state index is 0.451. The second-order valence-corrected chi connectivity index (χ2v) is 4.53. The number of fused-ring (bicyclic) bond motifs is 1. The molecule has 0 unspecified atom stereocenters. The highest BCUT2D eigenvalue weighted by atomic mass is 32.2.